The van der Waals surface area contributed by atoms with Gasteiger partial charge in [-0.3, -0.25) is 4.79 Å². The highest BCUT2D eigenvalue weighted by Gasteiger charge is 2.16. The minimum Gasteiger partial charge on any atom is -0.409 e. The van der Waals surface area contributed by atoms with Crippen LogP contribution in [0.2, 0.25) is 0 Å². The zero-order valence-corrected chi connectivity index (χ0v) is 10.1. The maximum Gasteiger partial charge on any atom is 0.280 e. The molecule has 2 aromatic rings. The number of hydrogen-bond acceptors (Lipinski definition) is 5. The maximum atomic E-state index is 12.0. The molecule has 0 aliphatic heterocycles. The molecule has 19 heavy (non-hydrogen) atoms. The van der Waals surface area contributed by atoms with Gasteiger partial charge < -0.3 is 20.4 Å². The van der Waals surface area contributed by atoms with Crippen LogP contribution < -0.4 is 10.6 Å². The predicted molar refractivity (Wildman–Crippen MR) is 68.2 cm³/mol. The quantitative estimate of drug-likeness (QED) is 0.371. The second-order valence-electron chi connectivity index (χ2n) is 3.78. The molecule has 1 aromatic heterocycles. The topological polar surface area (TPSA) is 105 Å². The van der Waals surface area contributed by atoms with Crippen molar-refractivity contribution in [2.75, 3.05) is 11.9 Å². The number of carbonyl (C=O) groups excluding carboxylic acids is 1. The van der Waals surface area contributed by atoms with Gasteiger partial charge in [0.05, 0.1) is 0 Å². The van der Waals surface area contributed by atoms with Gasteiger partial charge >= 0.3 is 0 Å². The van der Waals surface area contributed by atoms with E-state index in [0.29, 0.717) is 11.3 Å². The average Bonchev–Trinajstić information content (AvgIpc) is 2.99. The van der Waals surface area contributed by atoms with Crippen LogP contribution in [-0.2, 0) is 0 Å². The fourth-order valence-electron chi connectivity index (χ4n) is 1.53. The van der Waals surface area contributed by atoms with E-state index in [2.05, 4.69) is 14.8 Å². The van der Waals surface area contributed by atoms with Gasteiger partial charge in [0.2, 0.25) is 0 Å². The van der Waals surface area contributed by atoms with E-state index in [0.717, 1.165) is 0 Å². The zero-order chi connectivity index (χ0) is 13.8. The van der Waals surface area contributed by atoms with Crippen LogP contribution in [0.4, 0.5) is 5.69 Å². The van der Waals surface area contributed by atoms with Crippen molar-refractivity contribution >= 4 is 17.4 Å². The molecule has 0 saturated carbocycles. The number of amides is 1. The van der Waals surface area contributed by atoms with Crippen LogP contribution in [0.25, 0.3) is 0 Å². The molecule has 0 aliphatic carbocycles. The van der Waals surface area contributed by atoms with Crippen molar-refractivity contribution in [3.8, 4) is 0 Å². The Balaban J connectivity index is 2.20. The Labute approximate surface area is 108 Å². The molecule has 0 unspecified atom stereocenters. The summed E-state index contributed by atoms with van der Waals surface area (Å²) in [7, 11) is 1.62. The van der Waals surface area contributed by atoms with Gasteiger partial charge in [-0.15, -0.1) is 0 Å². The van der Waals surface area contributed by atoms with E-state index in [4.69, 9.17) is 10.9 Å². The Hall–Kier alpha value is -2.83. The number of nitrogens with two attached hydrogens (primary N) is 1. The molecule has 1 heterocycles. The highest BCUT2D eigenvalue weighted by Crippen LogP contribution is 2.16. The summed E-state index contributed by atoms with van der Waals surface area (Å²) in [6.07, 6.45) is 1.34. The summed E-state index contributed by atoms with van der Waals surface area (Å²) in [6, 6.07) is 8.16. The lowest BCUT2D eigenvalue weighted by Crippen LogP contribution is -2.26. The number of hydrogen-bond donors (Lipinski definition) is 2. The van der Waals surface area contributed by atoms with Crippen molar-refractivity contribution in [3.63, 3.8) is 0 Å². The van der Waals surface area contributed by atoms with Crippen LogP contribution in [0.5, 0.6) is 0 Å². The lowest BCUT2D eigenvalue weighted by atomic mass is 10.2. The van der Waals surface area contributed by atoms with Gasteiger partial charge in [0.15, 0.2) is 11.5 Å². The third kappa shape index (κ3) is 2.54. The highest BCUT2D eigenvalue weighted by molar-refractivity contribution is 6.04. The molecule has 7 nitrogen and oxygen atoms in total. The summed E-state index contributed by atoms with van der Waals surface area (Å²) in [4.78, 5) is 13.4. The summed E-state index contributed by atoms with van der Waals surface area (Å²) in [6.45, 7) is 0. The van der Waals surface area contributed by atoms with Crippen molar-refractivity contribution in [1.29, 1.82) is 0 Å². The summed E-state index contributed by atoms with van der Waals surface area (Å²) < 4.78 is 4.63. The zero-order valence-electron chi connectivity index (χ0n) is 10.1. The van der Waals surface area contributed by atoms with Crippen molar-refractivity contribution in [2.45, 2.75) is 0 Å². The number of amidine groups is 1. The number of nitrogens with zero attached hydrogens (tertiary/aromatic N) is 3. The molecule has 0 atom stereocenters. The third-order valence-electron chi connectivity index (χ3n) is 2.62. The molecule has 0 fully saturated rings. The molecule has 1 aromatic carbocycles. The molecule has 0 aliphatic rings. The predicted octanol–water partition coefficient (Wildman–Crippen LogP) is 1.05. The van der Waals surface area contributed by atoms with Crippen LogP contribution in [0.1, 0.15) is 16.1 Å². The largest absolute Gasteiger partial charge is 0.409 e. The number of oxime groups is 1. The molecule has 98 valence electrons. The van der Waals surface area contributed by atoms with Crippen molar-refractivity contribution in [1.82, 2.24) is 5.16 Å². The van der Waals surface area contributed by atoms with Crippen molar-refractivity contribution in [3.05, 3.63) is 47.9 Å². The molecule has 3 N–H and O–H groups in total. The fourth-order valence-corrected chi connectivity index (χ4v) is 1.53. The maximum absolute atomic E-state index is 12.0. The molecule has 0 bridgehead atoms. The van der Waals surface area contributed by atoms with E-state index >= 15 is 0 Å². The fraction of sp³-hybridized carbons (Fsp3) is 0.0833. The second kappa shape index (κ2) is 5.21. The van der Waals surface area contributed by atoms with Gasteiger partial charge in [0.25, 0.3) is 5.91 Å². The van der Waals surface area contributed by atoms with Crippen LogP contribution >= 0.6 is 0 Å². The summed E-state index contributed by atoms with van der Waals surface area (Å²) >= 11 is 0. The first-order chi connectivity index (χ1) is 9.13. The number of benzene rings is 1. The van der Waals surface area contributed by atoms with Crippen molar-refractivity contribution in [2.24, 2.45) is 10.9 Å². The van der Waals surface area contributed by atoms with Gasteiger partial charge in [-0.2, -0.15) is 0 Å². The molecule has 7 heteroatoms. The molecular weight excluding hydrogens is 248 g/mol. The Morgan fingerprint density at radius 1 is 1.37 bits per heavy atom. The third-order valence-corrected chi connectivity index (χ3v) is 2.62. The molecule has 0 radical (unpaired) electrons. The Morgan fingerprint density at radius 3 is 2.58 bits per heavy atom. The Morgan fingerprint density at radius 2 is 2.05 bits per heavy atom. The highest BCUT2D eigenvalue weighted by atomic mass is 16.5. The van der Waals surface area contributed by atoms with Crippen LogP contribution in [0, 0.1) is 0 Å². The van der Waals surface area contributed by atoms with E-state index in [1.807, 2.05) is 0 Å². The smallest absolute Gasteiger partial charge is 0.280 e. The van der Waals surface area contributed by atoms with E-state index in [-0.39, 0.29) is 17.4 Å². The molecule has 0 spiro atoms. The Bertz CT molecular complexity index is 590. The lowest BCUT2D eigenvalue weighted by Gasteiger charge is -2.15. The summed E-state index contributed by atoms with van der Waals surface area (Å²) in [5, 5.41) is 15.0. The minimum absolute atomic E-state index is 0.0111. The normalized spacial score (nSPS) is 11.3. The number of aromatic nitrogens is 1. The molecule has 0 saturated heterocycles. The van der Waals surface area contributed by atoms with Gasteiger partial charge in [0, 0.05) is 24.4 Å². The Kier molecular flexibility index (Phi) is 3.46. The summed E-state index contributed by atoms with van der Waals surface area (Å²) in [5.41, 5.74) is 6.90. The molecule has 1 amide bonds. The summed E-state index contributed by atoms with van der Waals surface area (Å²) in [5.74, 6) is -0.276. The van der Waals surface area contributed by atoms with Crippen LogP contribution in [0.15, 0.2) is 46.3 Å². The second-order valence-corrected chi connectivity index (χ2v) is 3.78. The van der Waals surface area contributed by atoms with Gasteiger partial charge in [-0.05, 0) is 24.3 Å². The number of carbonyl (C=O) groups is 1. The molecule has 2 rings (SSSR count). The van der Waals surface area contributed by atoms with Crippen LogP contribution in [-0.4, -0.2) is 29.2 Å². The number of anilines is 1. The first-order valence-corrected chi connectivity index (χ1v) is 5.40. The minimum atomic E-state index is -0.287. The number of rotatable bonds is 3. The van der Waals surface area contributed by atoms with Gasteiger partial charge in [-0.25, -0.2) is 0 Å². The van der Waals surface area contributed by atoms with Gasteiger partial charge in [0.1, 0.15) is 6.26 Å². The standard InChI is InChI=1S/C12H12N4O3/c1-16(12(17)10-6-7-19-15-10)9-4-2-8(3-5-9)11(13)14-18/h2-7,18H,1H3,(H2,13,14). The molecular formula is C12H12N4O3. The monoisotopic (exact) mass is 260 g/mol. The van der Waals surface area contributed by atoms with E-state index in [1.165, 1.54) is 17.2 Å². The van der Waals surface area contributed by atoms with E-state index < -0.39 is 0 Å². The first-order valence-electron chi connectivity index (χ1n) is 5.40. The lowest BCUT2D eigenvalue weighted by molar-refractivity contribution is 0.0984. The SMILES string of the molecule is CN(C(=O)c1ccon1)c1ccc(C(N)=NO)cc1. The van der Waals surface area contributed by atoms with Crippen molar-refractivity contribution < 1.29 is 14.5 Å². The average molecular weight is 260 g/mol. The van der Waals surface area contributed by atoms with Gasteiger partial charge in [-0.1, -0.05) is 10.3 Å². The van der Waals surface area contributed by atoms with Crippen LogP contribution in [0.3, 0.4) is 0 Å². The van der Waals surface area contributed by atoms with E-state index in [1.54, 1.807) is 31.3 Å². The first kappa shape index (κ1) is 12.6. The van der Waals surface area contributed by atoms with E-state index in [9.17, 15) is 4.79 Å².